The molecule has 0 fully saturated rings. The maximum absolute atomic E-state index is 11.2. The molecule has 0 amide bonds. The van der Waals surface area contributed by atoms with Crippen molar-refractivity contribution in [2.45, 2.75) is 66.7 Å². The summed E-state index contributed by atoms with van der Waals surface area (Å²) in [6.07, 6.45) is 8.34. The molecule has 0 aliphatic carbocycles. The minimum atomic E-state index is -0.307. The Morgan fingerprint density at radius 3 is 1.68 bits per heavy atom. The third-order valence-electron chi connectivity index (χ3n) is 4.29. The van der Waals surface area contributed by atoms with Gasteiger partial charge in [0.2, 0.25) is 0 Å². The molecule has 0 rings (SSSR count). The fraction of sp³-hybridized carbons (Fsp3) is 0.875. The molecule has 0 aromatic carbocycles. The average molecular weight is 341 g/mol. The van der Waals surface area contributed by atoms with E-state index in [0.717, 1.165) is 25.7 Å². The molecule has 0 saturated heterocycles. The van der Waals surface area contributed by atoms with Crippen molar-refractivity contribution in [3.05, 3.63) is 0 Å². The molecule has 0 heterocycles. The zero-order valence-electron chi connectivity index (χ0n) is 13.2. The molecule has 1 radical (unpaired) electrons. The summed E-state index contributed by atoms with van der Waals surface area (Å²) >= 11 is 0. The van der Waals surface area contributed by atoms with E-state index in [9.17, 15) is 9.59 Å². The van der Waals surface area contributed by atoms with Crippen LogP contribution >= 0.6 is 0 Å². The van der Waals surface area contributed by atoms with Crippen LogP contribution in [0.25, 0.3) is 0 Å². The van der Waals surface area contributed by atoms with Gasteiger partial charge in [0.25, 0.3) is 0 Å². The minimum Gasteiger partial charge on any atom is -0.542 e. The van der Waals surface area contributed by atoms with E-state index in [1.165, 1.54) is 0 Å². The molecule has 3 unspecified atom stereocenters. The Kier molecular flexibility index (Phi) is 12.7. The molecule has 2 nitrogen and oxygen atoms in total. The topological polar surface area (TPSA) is 34.1 Å². The van der Waals surface area contributed by atoms with Crippen LogP contribution in [0.4, 0.5) is 0 Å². The Hall–Kier alpha value is 0.444. The van der Waals surface area contributed by atoms with Gasteiger partial charge in [0, 0.05) is 32.7 Å². The second-order valence-corrected chi connectivity index (χ2v) is 6.11. The van der Waals surface area contributed by atoms with Crippen LogP contribution < -0.4 is 0 Å². The van der Waals surface area contributed by atoms with Gasteiger partial charge in [-0.1, -0.05) is 52.9 Å². The van der Waals surface area contributed by atoms with Crippen molar-refractivity contribution in [1.82, 2.24) is 0 Å². The number of rotatable bonds is 10. The van der Waals surface area contributed by atoms with Gasteiger partial charge in [-0.05, 0) is 24.7 Å². The molecule has 3 atom stereocenters. The summed E-state index contributed by atoms with van der Waals surface area (Å²) in [6.45, 7) is 10.9. The van der Waals surface area contributed by atoms with Crippen LogP contribution in [0, 0.1) is 23.2 Å². The fourth-order valence-corrected chi connectivity index (χ4v) is 2.76. The summed E-state index contributed by atoms with van der Waals surface area (Å²) in [5.74, 6) is 0.834. The molecular formula is C16H28O2Y-2. The van der Waals surface area contributed by atoms with E-state index in [0.29, 0.717) is 11.8 Å². The number of hydrogen-bond donors (Lipinski definition) is 0. The van der Waals surface area contributed by atoms with E-state index in [1.807, 2.05) is 6.29 Å². The average Bonchev–Trinajstić information content (AvgIpc) is 2.35. The molecule has 0 saturated carbocycles. The van der Waals surface area contributed by atoms with Gasteiger partial charge in [-0.2, -0.15) is 12.3 Å². The predicted molar refractivity (Wildman–Crippen MR) is 75.7 cm³/mol. The van der Waals surface area contributed by atoms with Gasteiger partial charge in [-0.3, -0.25) is 12.6 Å². The summed E-state index contributed by atoms with van der Waals surface area (Å²) in [5.41, 5.74) is -0.121. The van der Waals surface area contributed by atoms with Crippen molar-refractivity contribution >= 4 is 12.6 Å². The van der Waals surface area contributed by atoms with E-state index in [-0.39, 0.29) is 50.5 Å². The van der Waals surface area contributed by atoms with Gasteiger partial charge in [-0.25, -0.2) is 0 Å². The van der Waals surface area contributed by atoms with Crippen LogP contribution in [0.1, 0.15) is 66.7 Å². The normalized spacial score (nSPS) is 18.6. The second-order valence-electron chi connectivity index (χ2n) is 6.11. The van der Waals surface area contributed by atoms with Crippen molar-refractivity contribution in [1.29, 1.82) is 0 Å². The third-order valence-corrected chi connectivity index (χ3v) is 4.29. The molecular weight excluding hydrogens is 313 g/mol. The first-order valence-electron chi connectivity index (χ1n) is 7.16. The SMILES string of the molecule is CCC(C)CC(C)(CC(C)CC)C([C-]=O)C[C-]=O.[Y]. The minimum absolute atomic E-state index is 0. The number of carbonyl (C=O) groups excluding carboxylic acids is 2. The van der Waals surface area contributed by atoms with E-state index in [4.69, 9.17) is 0 Å². The van der Waals surface area contributed by atoms with Crippen LogP contribution in [-0.4, -0.2) is 12.6 Å². The molecule has 0 aliphatic heterocycles. The summed E-state index contributed by atoms with van der Waals surface area (Å²) in [6, 6.07) is 0. The second kappa shape index (κ2) is 11.1. The maximum atomic E-state index is 11.2. The fourth-order valence-electron chi connectivity index (χ4n) is 2.76. The molecule has 0 spiro atoms. The van der Waals surface area contributed by atoms with Crippen LogP contribution in [0.3, 0.4) is 0 Å². The number of hydrogen-bond acceptors (Lipinski definition) is 2. The zero-order chi connectivity index (χ0) is 14.2. The van der Waals surface area contributed by atoms with Crippen molar-refractivity contribution in [3.8, 4) is 0 Å². The zero-order valence-corrected chi connectivity index (χ0v) is 16.0. The van der Waals surface area contributed by atoms with Crippen LogP contribution in [-0.2, 0) is 42.3 Å². The van der Waals surface area contributed by atoms with E-state index in [2.05, 4.69) is 40.9 Å². The van der Waals surface area contributed by atoms with Gasteiger partial charge >= 0.3 is 0 Å². The predicted octanol–water partition coefficient (Wildman–Crippen LogP) is 4.09. The molecule has 0 aliphatic rings. The Morgan fingerprint density at radius 2 is 1.42 bits per heavy atom. The van der Waals surface area contributed by atoms with E-state index < -0.39 is 0 Å². The summed E-state index contributed by atoms with van der Waals surface area (Å²) in [7, 11) is 0. The van der Waals surface area contributed by atoms with Crippen LogP contribution in [0.5, 0.6) is 0 Å². The van der Waals surface area contributed by atoms with Crippen LogP contribution in [0.2, 0.25) is 0 Å². The standard InChI is InChI=1S/C16H28O2.Y/c1-6-13(3)10-16(5,11-14(4)7-2)15(12-18)8-9-17;/h13-15H,6-8,10-11H2,1-5H3;/q-2;. The largest absolute Gasteiger partial charge is 0.542 e. The maximum Gasteiger partial charge on any atom is 0 e. The Labute approximate surface area is 144 Å². The van der Waals surface area contributed by atoms with Crippen molar-refractivity contribution in [2.75, 3.05) is 0 Å². The Balaban J connectivity index is 0. The monoisotopic (exact) mass is 341 g/mol. The summed E-state index contributed by atoms with van der Waals surface area (Å²) in [5, 5.41) is 0. The molecule has 3 heteroatoms. The molecule has 0 bridgehead atoms. The van der Waals surface area contributed by atoms with Gasteiger partial charge in [0.05, 0.1) is 0 Å². The van der Waals surface area contributed by atoms with Gasteiger partial charge in [0.15, 0.2) is 0 Å². The van der Waals surface area contributed by atoms with Gasteiger partial charge < -0.3 is 9.59 Å². The first kappa shape index (κ1) is 21.7. The quantitative estimate of drug-likeness (QED) is 0.561. The molecule has 109 valence electrons. The van der Waals surface area contributed by atoms with Crippen LogP contribution in [0.15, 0.2) is 0 Å². The Morgan fingerprint density at radius 1 is 1.00 bits per heavy atom. The van der Waals surface area contributed by atoms with E-state index >= 15 is 0 Å². The first-order chi connectivity index (χ1) is 8.43. The first-order valence-corrected chi connectivity index (χ1v) is 7.16. The van der Waals surface area contributed by atoms with E-state index in [1.54, 1.807) is 0 Å². The molecule has 19 heavy (non-hydrogen) atoms. The summed E-state index contributed by atoms with van der Waals surface area (Å²) < 4.78 is 0. The van der Waals surface area contributed by atoms with Crippen molar-refractivity contribution in [2.24, 2.45) is 23.2 Å². The smallest absolute Gasteiger partial charge is 0 e. The molecule has 0 N–H and O–H groups in total. The summed E-state index contributed by atoms with van der Waals surface area (Å²) in [4.78, 5) is 21.8. The van der Waals surface area contributed by atoms with Crippen molar-refractivity contribution < 1.29 is 42.3 Å². The third kappa shape index (κ3) is 7.70. The van der Waals surface area contributed by atoms with Gasteiger partial charge in [0.1, 0.15) is 0 Å². The Bertz CT molecular complexity index is 241. The molecule has 0 aromatic rings. The molecule has 0 aromatic heterocycles. The van der Waals surface area contributed by atoms with Crippen molar-refractivity contribution in [3.63, 3.8) is 0 Å². The van der Waals surface area contributed by atoms with Gasteiger partial charge in [-0.15, -0.1) is 0 Å².